The first-order chi connectivity index (χ1) is 19.7. The maximum absolute atomic E-state index is 13.5. The molecule has 0 aromatic carbocycles. The number of quaternary nitrogens is 1. The highest BCUT2D eigenvalue weighted by molar-refractivity contribution is 7.86. The van der Waals surface area contributed by atoms with Crippen LogP contribution in [0.1, 0.15) is 40.5 Å². The standard InChI is InChI=1S/C12H5F21O3S.C8H20N/c13-3(14,1-2-4(15,16)17)5(18,19)6(20,21)7(22,23)8(24,25)9(26,27)10(28,29)11(30,31)12(32,33)37(34,35)36;1-5-9(6-2,7-3)8-4/h1-2H2,(H,34,35,36);5-8H2,1-4H3/q;+1/p-1. The average Bonchev–Trinajstić information content (AvgIpc) is 2.87. The van der Waals surface area contributed by atoms with Gasteiger partial charge in [0, 0.05) is 12.8 Å². The molecule has 4 nitrogen and oxygen atoms in total. The molecular formula is C20H24F21NO3S. The average molecular weight is 757 g/mol. The monoisotopic (exact) mass is 757 g/mol. The molecule has 0 aliphatic heterocycles. The quantitative estimate of drug-likeness (QED) is 0.0958. The number of nitrogens with zero attached hydrogens (tertiary/aromatic N) is 1. The van der Waals surface area contributed by atoms with Crippen LogP contribution in [0.15, 0.2) is 0 Å². The lowest BCUT2D eigenvalue weighted by atomic mass is 9.86. The Morgan fingerprint density at radius 1 is 0.435 bits per heavy atom. The summed E-state index contributed by atoms with van der Waals surface area (Å²) in [5.41, 5.74) is 0. The summed E-state index contributed by atoms with van der Waals surface area (Å²) < 4.78 is 306. The van der Waals surface area contributed by atoms with Gasteiger partial charge in [0.15, 0.2) is 10.1 Å². The number of hydrogen-bond donors (Lipinski definition) is 0. The van der Waals surface area contributed by atoms with Crippen molar-refractivity contribution in [2.24, 2.45) is 0 Å². The molecule has 0 radical (unpaired) electrons. The molecule has 0 heterocycles. The minimum absolute atomic E-state index is 1.28. The Hall–Kier alpha value is -1.60. The Morgan fingerprint density at radius 2 is 0.674 bits per heavy atom. The van der Waals surface area contributed by atoms with Crippen molar-refractivity contribution in [1.82, 2.24) is 0 Å². The van der Waals surface area contributed by atoms with Crippen LogP contribution in [0.5, 0.6) is 0 Å². The molecule has 0 unspecified atom stereocenters. The third-order valence-corrected chi connectivity index (χ3v) is 7.79. The largest absolute Gasteiger partial charge is 0.743 e. The molecular weight excluding hydrogens is 733 g/mol. The van der Waals surface area contributed by atoms with Gasteiger partial charge < -0.3 is 9.04 Å². The summed E-state index contributed by atoms with van der Waals surface area (Å²) in [7, 11) is -8.31. The molecule has 46 heavy (non-hydrogen) atoms. The van der Waals surface area contributed by atoms with Gasteiger partial charge in [-0.15, -0.1) is 0 Å². The first-order valence-electron chi connectivity index (χ1n) is 12.0. The molecule has 0 aliphatic carbocycles. The van der Waals surface area contributed by atoms with Crippen LogP contribution >= 0.6 is 0 Å². The lowest BCUT2D eigenvalue weighted by Crippen LogP contribution is -2.76. The summed E-state index contributed by atoms with van der Waals surface area (Å²) in [5.74, 6) is -69.8. The molecule has 280 valence electrons. The van der Waals surface area contributed by atoms with Crippen LogP contribution in [0.25, 0.3) is 0 Å². The highest BCUT2D eigenvalue weighted by atomic mass is 32.2. The highest BCUT2D eigenvalue weighted by Crippen LogP contribution is 2.65. The number of rotatable bonds is 15. The van der Waals surface area contributed by atoms with Crippen molar-refractivity contribution in [3.8, 4) is 0 Å². The van der Waals surface area contributed by atoms with Crippen LogP contribution in [0.2, 0.25) is 0 Å². The molecule has 0 saturated heterocycles. The van der Waals surface area contributed by atoms with Gasteiger partial charge in [-0.05, 0) is 27.7 Å². The predicted molar refractivity (Wildman–Crippen MR) is 112 cm³/mol. The second-order valence-corrected chi connectivity index (χ2v) is 10.8. The van der Waals surface area contributed by atoms with E-state index in [9.17, 15) is 105 Å². The van der Waals surface area contributed by atoms with Gasteiger partial charge in [-0.3, -0.25) is 0 Å². The van der Waals surface area contributed by atoms with Crippen molar-refractivity contribution in [2.45, 2.75) is 99.3 Å². The molecule has 0 atom stereocenters. The van der Waals surface area contributed by atoms with Gasteiger partial charge in [-0.25, -0.2) is 8.42 Å². The van der Waals surface area contributed by atoms with Crippen LogP contribution in [0, 0.1) is 0 Å². The van der Waals surface area contributed by atoms with E-state index in [0.717, 1.165) is 0 Å². The van der Waals surface area contributed by atoms with E-state index in [2.05, 4.69) is 27.7 Å². The second-order valence-electron chi connectivity index (χ2n) is 9.42. The van der Waals surface area contributed by atoms with E-state index < -0.39 is 81.8 Å². The van der Waals surface area contributed by atoms with E-state index >= 15 is 0 Å². The lowest BCUT2D eigenvalue weighted by Gasteiger charge is -2.44. The number of hydrogen-bond acceptors (Lipinski definition) is 3. The van der Waals surface area contributed by atoms with Crippen molar-refractivity contribution in [1.29, 1.82) is 0 Å². The maximum atomic E-state index is 13.5. The summed E-state index contributed by atoms with van der Waals surface area (Å²) >= 11 is 0. The Bertz CT molecular complexity index is 1100. The molecule has 0 spiro atoms. The first-order valence-corrected chi connectivity index (χ1v) is 13.4. The van der Waals surface area contributed by atoms with Gasteiger partial charge in [0.2, 0.25) is 0 Å². The molecule has 0 aromatic heterocycles. The van der Waals surface area contributed by atoms with Gasteiger partial charge in [0.05, 0.1) is 26.2 Å². The van der Waals surface area contributed by atoms with Crippen molar-refractivity contribution in [3.05, 3.63) is 0 Å². The smallest absolute Gasteiger partial charge is 0.402 e. The fraction of sp³-hybridized carbons (Fsp3) is 1.00. The van der Waals surface area contributed by atoms with Gasteiger partial charge in [-0.1, -0.05) is 0 Å². The van der Waals surface area contributed by atoms with E-state index in [1.54, 1.807) is 0 Å². The minimum Gasteiger partial charge on any atom is -0.743 e. The van der Waals surface area contributed by atoms with Crippen molar-refractivity contribution in [2.75, 3.05) is 26.2 Å². The Kier molecular flexibility index (Phi) is 13.5. The maximum Gasteiger partial charge on any atom is 0.402 e. The molecule has 0 aliphatic rings. The van der Waals surface area contributed by atoms with E-state index in [-0.39, 0.29) is 0 Å². The van der Waals surface area contributed by atoms with Crippen LogP contribution < -0.4 is 0 Å². The normalized spacial score (nSPS) is 15.9. The molecule has 26 heteroatoms. The Balaban J connectivity index is 0. The summed E-state index contributed by atoms with van der Waals surface area (Å²) in [6, 6.07) is 0. The third-order valence-electron chi connectivity index (χ3n) is 6.91. The fourth-order valence-electron chi connectivity index (χ4n) is 3.35. The van der Waals surface area contributed by atoms with Gasteiger partial charge in [-0.2, -0.15) is 92.2 Å². The Morgan fingerprint density at radius 3 is 0.870 bits per heavy atom. The zero-order chi connectivity index (χ0) is 38.2. The molecule has 0 saturated carbocycles. The second kappa shape index (κ2) is 13.4. The molecule has 0 rings (SSSR count). The number of alkyl halides is 21. The van der Waals surface area contributed by atoms with Crippen LogP contribution in [-0.2, 0) is 10.1 Å². The summed E-state index contributed by atoms with van der Waals surface area (Å²) in [4.78, 5) is 0. The van der Waals surface area contributed by atoms with E-state index in [0.29, 0.717) is 0 Å². The van der Waals surface area contributed by atoms with Crippen molar-refractivity contribution < 1.29 is 110 Å². The molecule has 0 amide bonds. The third kappa shape index (κ3) is 7.51. The lowest BCUT2D eigenvalue weighted by molar-refractivity contribution is -0.921. The number of halogens is 21. The summed E-state index contributed by atoms with van der Waals surface area (Å²) in [5, 5.41) is -8.13. The van der Waals surface area contributed by atoms with Crippen molar-refractivity contribution >= 4 is 10.1 Å². The van der Waals surface area contributed by atoms with Gasteiger partial charge >= 0.3 is 58.8 Å². The fourth-order valence-corrected chi connectivity index (χ4v) is 3.79. The molecule has 0 N–H and O–H groups in total. The van der Waals surface area contributed by atoms with Gasteiger partial charge in [0.25, 0.3) is 0 Å². The highest BCUT2D eigenvalue weighted by Gasteiger charge is 2.96. The van der Waals surface area contributed by atoms with E-state index in [1.165, 1.54) is 30.7 Å². The molecule has 0 bridgehead atoms. The van der Waals surface area contributed by atoms with Crippen LogP contribution in [0.3, 0.4) is 0 Å². The minimum atomic E-state index is -9.25. The first kappa shape index (κ1) is 46.5. The van der Waals surface area contributed by atoms with Crippen molar-refractivity contribution in [3.63, 3.8) is 0 Å². The predicted octanol–water partition coefficient (Wildman–Crippen LogP) is 8.43. The molecule has 0 fully saturated rings. The zero-order valence-electron chi connectivity index (χ0n) is 23.3. The zero-order valence-corrected chi connectivity index (χ0v) is 24.1. The van der Waals surface area contributed by atoms with E-state index in [1.807, 2.05) is 0 Å². The van der Waals surface area contributed by atoms with Crippen LogP contribution in [0.4, 0.5) is 92.2 Å². The van der Waals surface area contributed by atoms with E-state index in [4.69, 9.17) is 0 Å². The molecule has 0 aromatic rings. The summed E-state index contributed by atoms with van der Waals surface area (Å²) in [6.45, 7) is 14.2. The topological polar surface area (TPSA) is 57.2 Å². The van der Waals surface area contributed by atoms with Crippen LogP contribution in [-0.4, -0.2) is 102 Å². The SMILES string of the molecule is CC[N+](CC)(CC)CC.O=S(=O)([O-])C(F)(F)C(F)(F)C(F)(F)C(F)(F)C(F)(F)C(F)(F)C(F)(F)C(F)(F)C(F)(F)CCC(F)(F)F. The van der Waals surface area contributed by atoms with Gasteiger partial charge in [0.1, 0.15) is 0 Å². The summed E-state index contributed by atoms with van der Waals surface area (Å²) in [6.07, 6.45) is -12.9. The Labute approximate surface area is 246 Å².